The van der Waals surface area contributed by atoms with Crippen LogP contribution in [0.5, 0.6) is 0 Å². The molecule has 0 saturated heterocycles. The van der Waals surface area contributed by atoms with Crippen LogP contribution in [0, 0.1) is 0 Å². The highest BCUT2D eigenvalue weighted by atomic mass is 32.2. The van der Waals surface area contributed by atoms with Gasteiger partial charge in [0.1, 0.15) is 6.54 Å². The summed E-state index contributed by atoms with van der Waals surface area (Å²) in [5.41, 5.74) is 1.57. The van der Waals surface area contributed by atoms with Crippen LogP contribution in [-0.2, 0) is 21.2 Å². The molecule has 28 heavy (non-hydrogen) atoms. The van der Waals surface area contributed by atoms with Crippen molar-refractivity contribution in [2.45, 2.75) is 11.4 Å². The molecular formula is C20H19N3O4S. The fraction of sp³-hybridized carbons (Fsp3) is 0.150. The minimum Gasteiger partial charge on any atom is -0.314 e. The van der Waals surface area contributed by atoms with E-state index >= 15 is 0 Å². The number of hydrogen-bond donors (Lipinski definition) is 0. The van der Waals surface area contributed by atoms with Gasteiger partial charge >= 0.3 is 0 Å². The van der Waals surface area contributed by atoms with Gasteiger partial charge in [-0.25, -0.2) is 13.1 Å². The second-order valence-electron chi connectivity index (χ2n) is 6.30. The third-order valence-electron chi connectivity index (χ3n) is 4.25. The first-order valence-corrected chi connectivity index (χ1v) is 10.3. The van der Waals surface area contributed by atoms with Crippen LogP contribution < -0.4 is 10.5 Å². The molecule has 1 amide bonds. The number of benzene rings is 2. The zero-order valence-electron chi connectivity index (χ0n) is 15.4. The second-order valence-corrected chi connectivity index (χ2v) is 8.32. The van der Waals surface area contributed by atoms with Crippen molar-refractivity contribution in [1.29, 1.82) is 0 Å². The van der Waals surface area contributed by atoms with Crippen molar-refractivity contribution in [3.8, 4) is 11.3 Å². The Bertz CT molecular complexity index is 1150. The molecule has 0 unspecified atom stereocenters. The number of carbonyl (C=O) groups excluding carboxylic acids is 1. The molecule has 0 spiro atoms. The van der Waals surface area contributed by atoms with Gasteiger partial charge in [0.05, 0.1) is 10.6 Å². The smallest absolute Gasteiger partial charge is 0.267 e. The largest absolute Gasteiger partial charge is 0.314 e. The summed E-state index contributed by atoms with van der Waals surface area (Å²) in [6, 6.07) is 18.3. The van der Waals surface area contributed by atoms with Gasteiger partial charge in [0.15, 0.2) is 9.84 Å². The van der Waals surface area contributed by atoms with Gasteiger partial charge in [-0.15, -0.1) is 0 Å². The van der Waals surface area contributed by atoms with Crippen molar-refractivity contribution in [3.05, 3.63) is 77.1 Å². The summed E-state index contributed by atoms with van der Waals surface area (Å²) in [5, 5.41) is 4.28. The highest BCUT2D eigenvalue weighted by molar-refractivity contribution is 7.90. The first-order chi connectivity index (χ1) is 13.3. The normalized spacial score (nSPS) is 11.2. The number of rotatable bonds is 5. The highest BCUT2D eigenvalue weighted by Gasteiger charge is 2.15. The lowest BCUT2D eigenvalue weighted by atomic mass is 10.1. The first-order valence-electron chi connectivity index (χ1n) is 8.46. The molecule has 144 valence electrons. The van der Waals surface area contributed by atoms with E-state index in [4.69, 9.17) is 0 Å². The Morgan fingerprint density at radius 2 is 1.64 bits per heavy atom. The van der Waals surface area contributed by atoms with E-state index in [0.29, 0.717) is 11.4 Å². The molecule has 0 fully saturated rings. The summed E-state index contributed by atoms with van der Waals surface area (Å²) in [4.78, 5) is 26.2. The molecule has 0 bridgehead atoms. The van der Waals surface area contributed by atoms with Crippen molar-refractivity contribution in [3.63, 3.8) is 0 Å². The SMILES string of the molecule is CN(C(=O)Cn1nc(-c2ccccc2)ccc1=O)c1ccc(S(C)(=O)=O)cc1. The molecule has 0 N–H and O–H groups in total. The average Bonchev–Trinajstić information content (AvgIpc) is 2.69. The van der Waals surface area contributed by atoms with Gasteiger partial charge in [0, 0.05) is 30.6 Å². The van der Waals surface area contributed by atoms with Crippen molar-refractivity contribution in [2.75, 3.05) is 18.2 Å². The first kappa shape index (κ1) is 19.5. The van der Waals surface area contributed by atoms with Gasteiger partial charge < -0.3 is 4.90 Å². The van der Waals surface area contributed by atoms with Crippen molar-refractivity contribution in [2.24, 2.45) is 0 Å². The predicted octanol–water partition coefficient (Wildman–Crippen LogP) is 1.98. The van der Waals surface area contributed by atoms with Crippen LogP contribution in [0.3, 0.4) is 0 Å². The zero-order valence-corrected chi connectivity index (χ0v) is 16.3. The van der Waals surface area contributed by atoms with Crippen LogP contribution in [0.1, 0.15) is 0 Å². The molecule has 2 aromatic carbocycles. The Labute approximate surface area is 162 Å². The molecule has 3 aromatic rings. The summed E-state index contributed by atoms with van der Waals surface area (Å²) in [6.45, 7) is -0.232. The third-order valence-corrected chi connectivity index (χ3v) is 5.38. The van der Waals surface area contributed by atoms with Gasteiger partial charge in [-0.3, -0.25) is 9.59 Å². The van der Waals surface area contributed by atoms with Gasteiger partial charge in [-0.1, -0.05) is 30.3 Å². The van der Waals surface area contributed by atoms with E-state index in [2.05, 4.69) is 5.10 Å². The summed E-state index contributed by atoms with van der Waals surface area (Å²) in [6.07, 6.45) is 1.12. The van der Waals surface area contributed by atoms with Gasteiger partial charge in [0.2, 0.25) is 5.91 Å². The van der Waals surface area contributed by atoms with Gasteiger partial charge in [-0.05, 0) is 30.3 Å². The summed E-state index contributed by atoms with van der Waals surface area (Å²) in [7, 11) is -1.75. The van der Waals surface area contributed by atoms with E-state index in [1.54, 1.807) is 25.2 Å². The molecule has 0 atom stereocenters. The number of hydrogen-bond acceptors (Lipinski definition) is 5. The number of anilines is 1. The standard InChI is InChI=1S/C20H19N3O4S/c1-22(16-8-10-17(11-9-16)28(2,26)27)20(25)14-23-19(24)13-12-18(21-23)15-6-4-3-5-7-15/h3-13H,14H2,1-2H3. The number of carbonyl (C=O) groups is 1. The Kier molecular flexibility index (Phi) is 5.41. The monoisotopic (exact) mass is 397 g/mol. The molecule has 8 heteroatoms. The molecule has 0 aliphatic carbocycles. The number of nitrogens with zero attached hydrogens (tertiary/aromatic N) is 3. The molecule has 1 aromatic heterocycles. The van der Waals surface area contributed by atoms with Crippen molar-refractivity contribution in [1.82, 2.24) is 9.78 Å². The van der Waals surface area contributed by atoms with Crippen LogP contribution >= 0.6 is 0 Å². The van der Waals surface area contributed by atoms with E-state index in [1.807, 2.05) is 30.3 Å². The molecule has 0 aliphatic rings. The minimum atomic E-state index is -3.31. The molecule has 3 rings (SSSR count). The van der Waals surface area contributed by atoms with Crippen LogP contribution in [0.25, 0.3) is 11.3 Å². The van der Waals surface area contributed by atoms with Crippen molar-refractivity contribution >= 4 is 21.4 Å². The quantitative estimate of drug-likeness (QED) is 0.657. The fourth-order valence-corrected chi connectivity index (χ4v) is 3.25. The number of likely N-dealkylation sites (N-methyl/N-ethyl adjacent to an activating group) is 1. The minimum absolute atomic E-state index is 0.172. The van der Waals surface area contributed by atoms with Crippen LogP contribution in [0.2, 0.25) is 0 Å². The predicted molar refractivity (Wildman–Crippen MR) is 107 cm³/mol. The number of amides is 1. The lowest BCUT2D eigenvalue weighted by molar-refractivity contribution is -0.119. The van der Waals surface area contributed by atoms with E-state index in [1.165, 1.54) is 23.1 Å². The van der Waals surface area contributed by atoms with E-state index < -0.39 is 9.84 Å². The molecule has 0 radical (unpaired) electrons. The van der Waals surface area contributed by atoms with Crippen LogP contribution in [0.4, 0.5) is 5.69 Å². The summed E-state index contributed by atoms with van der Waals surface area (Å²) < 4.78 is 24.2. The number of aromatic nitrogens is 2. The maximum atomic E-state index is 12.6. The Morgan fingerprint density at radius 1 is 1.00 bits per heavy atom. The van der Waals surface area contributed by atoms with Gasteiger partial charge in [-0.2, -0.15) is 5.10 Å². The van der Waals surface area contributed by atoms with E-state index in [0.717, 1.165) is 16.5 Å². The number of sulfone groups is 1. The van der Waals surface area contributed by atoms with E-state index in [-0.39, 0.29) is 22.9 Å². The summed E-state index contributed by atoms with van der Waals surface area (Å²) in [5.74, 6) is -0.355. The lowest BCUT2D eigenvalue weighted by Crippen LogP contribution is -2.35. The highest BCUT2D eigenvalue weighted by Crippen LogP contribution is 2.18. The zero-order chi connectivity index (χ0) is 20.3. The third kappa shape index (κ3) is 4.34. The second kappa shape index (κ2) is 7.77. The average molecular weight is 397 g/mol. The molecular weight excluding hydrogens is 378 g/mol. The molecule has 0 aliphatic heterocycles. The molecule has 7 nitrogen and oxygen atoms in total. The molecule has 0 saturated carbocycles. The van der Waals surface area contributed by atoms with Crippen molar-refractivity contribution < 1.29 is 13.2 Å². The molecule has 1 heterocycles. The Morgan fingerprint density at radius 3 is 2.25 bits per heavy atom. The Balaban J connectivity index is 1.81. The van der Waals surface area contributed by atoms with Crippen LogP contribution in [-0.4, -0.2) is 37.4 Å². The summed E-state index contributed by atoms with van der Waals surface area (Å²) >= 11 is 0. The maximum absolute atomic E-state index is 12.6. The lowest BCUT2D eigenvalue weighted by Gasteiger charge is -2.18. The Hall–Kier alpha value is -3.26. The fourth-order valence-electron chi connectivity index (χ4n) is 2.62. The van der Waals surface area contributed by atoms with Gasteiger partial charge in [0.25, 0.3) is 5.56 Å². The van der Waals surface area contributed by atoms with E-state index in [9.17, 15) is 18.0 Å². The maximum Gasteiger partial charge on any atom is 0.267 e. The topological polar surface area (TPSA) is 89.3 Å². The van der Waals surface area contributed by atoms with Crippen LogP contribution in [0.15, 0.2) is 76.4 Å².